The van der Waals surface area contributed by atoms with Crippen molar-refractivity contribution in [2.24, 2.45) is 16.0 Å². The zero-order valence-electron chi connectivity index (χ0n) is 14.1. The smallest absolute Gasteiger partial charge is 0.151 e. The number of rotatable bonds is 3. The molecule has 0 saturated carbocycles. The second-order valence-corrected chi connectivity index (χ2v) is 6.93. The van der Waals surface area contributed by atoms with Crippen LogP contribution in [0.5, 0.6) is 0 Å². The van der Waals surface area contributed by atoms with Crippen molar-refractivity contribution in [2.45, 2.75) is 0 Å². The predicted molar refractivity (Wildman–Crippen MR) is 113 cm³/mol. The zero-order chi connectivity index (χ0) is 19.0. The summed E-state index contributed by atoms with van der Waals surface area (Å²) in [5.74, 6) is 0.330. The monoisotopic (exact) mass is 418 g/mol. The maximum atomic E-state index is 7.76. The number of aromatic nitrogens is 1. The van der Waals surface area contributed by atoms with Gasteiger partial charge in [0.1, 0.15) is 11.5 Å². The Morgan fingerprint density at radius 3 is 2.52 bits per heavy atom. The fourth-order valence-corrected chi connectivity index (χ4v) is 3.36. The molecule has 3 aromatic carbocycles. The molecule has 4 rings (SSSR count). The van der Waals surface area contributed by atoms with Gasteiger partial charge in [0.15, 0.2) is 5.82 Å². The van der Waals surface area contributed by atoms with E-state index in [0.717, 1.165) is 26.0 Å². The molecule has 5 N–H and O–H groups in total. The number of fused-ring (bicyclic) bond motifs is 2. The Morgan fingerprint density at radius 2 is 1.74 bits per heavy atom. The third-order valence-electron chi connectivity index (χ3n) is 4.30. The lowest BCUT2D eigenvalue weighted by molar-refractivity contribution is 1.23. The van der Waals surface area contributed by atoms with E-state index in [1.807, 2.05) is 42.5 Å². The molecule has 0 radical (unpaired) electrons. The largest absolute Gasteiger partial charge is 0.384 e. The summed E-state index contributed by atoms with van der Waals surface area (Å²) in [5, 5.41) is 20.1. The maximum absolute atomic E-state index is 7.76. The minimum atomic E-state index is 0.0158. The number of nitrogens with two attached hydrogens (primary N) is 2. The zero-order valence-corrected chi connectivity index (χ0v) is 15.7. The molecule has 1 aromatic heterocycles. The van der Waals surface area contributed by atoms with Crippen LogP contribution in [0.2, 0.25) is 0 Å². The first-order valence-corrected chi connectivity index (χ1v) is 8.95. The molecular weight excluding hydrogens is 404 g/mol. The van der Waals surface area contributed by atoms with E-state index < -0.39 is 0 Å². The van der Waals surface area contributed by atoms with Gasteiger partial charge in [-0.05, 0) is 29.7 Å². The van der Waals surface area contributed by atoms with Crippen LogP contribution in [0.15, 0.2) is 75.5 Å². The summed E-state index contributed by atoms with van der Waals surface area (Å²) in [5.41, 5.74) is 13.6. The van der Waals surface area contributed by atoms with Gasteiger partial charge in [-0.15, -0.1) is 10.2 Å². The summed E-state index contributed by atoms with van der Waals surface area (Å²) in [6.45, 7) is 0. The molecule has 0 unspecified atom stereocenters. The fourth-order valence-electron chi connectivity index (χ4n) is 3.00. The average Bonchev–Trinajstić information content (AvgIpc) is 2.66. The Kier molecular flexibility index (Phi) is 4.29. The van der Waals surface area contributed by atoms with E-state index in [1.54, 1.807) is 18.3 Å². The molecule has 6 nitrogen and oxygen atoms in total. The van der Waals surface area contributed by atoms with E-state index in [4.69, 9.17) is 16.9 Å². The molecule has 4 aromatic rings. The number of hydrogen-bond donors (Lipinski definition) is 3. The summed E-state index contributed by atoms with van der Waals surface area (Å²) in [6.07, 6.45) is 1.72. The van der Waals surface area contributed by atoms with Crippen molar-refractivity contribution in [2.75, 3.05) is 5.73 Å². The Bertz CT molecular complexity index is 1230. The van der Waals surface area contributed by atoms with Gasteiger partial charge in [-0.2, -0.15) is 0 Å². The first kappa shape index (κ1) is 17.1. The summed E-state index contributed by atoms with van der Waals surface area (Å²) < 4.78 is 0.924. The van der Waals surface area contributed by atoms with Crippen LogP contribution in [-0.4, -0.2) is 10.8 Å². The molecule has 0 saturated heterocycles. The number of hydrogen-bond acceptors (Lipinski definition) is 5. The normalized spacial score (nSPS) is 11.4. The molecule has 0 aliphatic carbocycles. The highest BCUT2D eigenvalue weighted by molar-refractivity contribution is 9.10. The predicted octanol–water partition coefficient (Wildman–Crippen LogP) is 5.43. The van der Waals surface area contributed by atoms with Crippen LogP contribution in [0.3, 0.4) is 0 Å². The number of nitrogen functional groups attached to an aromatic ring is 2. The standard InChI is InChI=1S/C20H15BrN6/c21-12-6-5-11-10-25-20(24)18(16(11)9-12)27-26-17-8-7-15(19(22)23)13-3-1-2-4-14(13)17/h1-10H,(H3,22,23)(H2,24,25)/b27-26+. The third-order valence-corrected chi connectivity index (χ3v) is 4.80. The molecule has 7 heteroatoms. The number of nitrogens with one attached hydrogen (secondary N) is 1. The van der Waals surface area contributed by atoms with Crippen molar-refractivity contribution in [3.63, 3.8) is 0 Å². The second-order valence-electron chi connectivity index (χ2n) is 6.02. The number of nitrogens with zero attached hydrogens (tertiary/aromatic N) is 3. The van der Waals surface area contributed by atoms with Crippen LogP contribution >= 0.6 is 15.9 Å². The summed E-state index contributed by atoms with van der Waals surface area (Å²) in [6, 6.07) is 17.1. The molecule has 1 heterocycles. The molecule has 132 valence electrons. The number of benzene rings is 3. The Balaban J connectivity index is 1.89. The summed E-state index contributed by atoms with van der Waals surface area (Å²) in [7, 11) is 0. The molecule has 0 atom stereocenters. The molecule has 0 amide bonds. The van der Waals surface area contributed by atoms with Gasteiger partial charge in [0.2, 0.25) is 0 Å². The number of anilines is 1. The lowest BCUT2D eigenvalue weighted by Crippen LogP contribution is -2.11. The fraction of sp³-hybridized carbons (Fsp3) is 0. The Labute approximate surface area is 163 Å². The van der Waals surface area contributed by atoms with Gasteiger partial charge in [0.25, 0.3) is 0 Å². The second kappa shape index (κ2) is 6.77. The summed E-state index contributed by atoms with van der Waals surface area (Å²) >= 11 is 3.48. The number of halogens is 1. The van der Waals surface area contributed by atoms with E-state index in [9.17, 15) is 0 Å². The third kappa shape index (κ3) is 3.13. The minimum Gasteiger partial charge on any atom is -0.384 e. The topological polar surface area (TPSA) is 114 Å². The van der Waals surface area contributed by atoms with Crippen LogP contribution in [-0.2, 0) is 0 Å². The van der Waals surface area contributed by atoms with Crippen molar-refractivity contribution in [1.82, 2.24) is 4.98 Å². The molecule has 0 aliphatic heterocycles. The Morgan fingerprint density at radius 1 is 0.963 bits per heavy atom. The molecular formula is C20H15BrN6. The highest BCUT2D eigenvalue weighted by atomic mass is 79.9. The molecule has 27 heavy (non-hydrogen) atoms. The minimum absolute atomic E-state index is 0.0158. The first-order chi connectivity index (χ1) is 13.0. The first-order valence-electron chi connectivity index (χ1n) is 8.16. The molecule has 0 bridgehead atoms. The lowest BCUT2D eigenvalue weighted by Gasteiger charge is -2.08. The molecule has 0 fully saturated rings. The van der Waals surface area contributed by atoms with Crippen molar-refractivity contribution in [3.05, 3.63) is 70.8 Å². The summed E-state index contributed by atoms with van der Waals surface area (Å²) in [4.78, 5) is 4.21. The van der Waals surface area contributed by atoms with Gasteiger partial charge in [0, 0.05) is 32.4 Å². The van der Waals surface area contributed by atoms with E-state index in [-0.39, 0.29) is 5.84 Å². The van der Waals surface area contributed by atoms with Gasteiger partial charge in [-0.25, -0.2) is 4.98 Å². The van der Waals surface area contributed by atoms with Gasteiger partial charge in [-0.3, -0.25) is 5.41 Å². The van der Waals surface area contributed by atoms with Crippen LogP contribution in [0.1, 0.15) is 5.56 Å². The van der Waals surface area contributed by atoms with E-state index >= 15 is 0 Å². The van der Waals surface area contributed by atoms with E-state index in [1.165, 1.54) is 0 Å². The van der Waals surface area contributed by atoms with Crippen molar-refractivity contribution < 1.29 is 0 Å². The highest BCUT2D eigenvalue weighted by Crippen LogP contribution is 2.35. The molecule has 0 spiro atoms. The highest BCUT2D eigenvalue weighted by Gasteiger charge is 2.10. The van der Waals surface area contributed by atoms with E-state index in [0.29, 0.717) is 22.8 Å². The SMILES string of the molecule is N=C(N)c1ccc(/N=N/c2c(N)ncc3ccc(Br)cc23)c2ccccc12. The molecule has 0 aliphatic rings. The van der Waals surface area contributed by atoms with Crippen LogP contribution in [0.4, 0.5) is 17.2 Å². The van der Waals surface area contributed by atoms with Crippen molar-refractivity contribution >= 4 is 60.5 Å². The maximum Gasteiger partial charge on any atom is 0.151 e. The van der Waals surface area contributed by atoms with Crippen LogP contribution in [0, 0.1) is 5.41 Å². The Hall–Kier alpha value is -3.32. The lowest BCUT2D eigenvalue weighted by atomic mass is 10.0. The van der Waals surface area contributed by atoms with E-state index in [2.05, 4.69) is 31.1 Å². The number of pyridine rings is 1. The van der Waals surface area contributed by atoms with Crippen LogP contribution in [0.25, 0.3) is 21.5 Å². The quantitative estimate of drug-likeness (QED) is 0.234. The van der Waals surface area contributed by atoms with Gasteiger partial charge in [0.05, 0.1) is 5.69 Å². The van der Waals surface area contributed by atoms with Crippen LogP contribution < -0.4 is 11.5 Å². The van der Waals surface area contributed by atoms with Gasteiger partial charge >= 0.3 is 0 Å². The van der Waals surface area contributed by atoms with Gasteiger partial charge in [-0.1, -0.05) is 46.3 Å². The average molecular weight is 419 g/mol. The number of amidine groups is 1. The van der Waals surface area contributed by atoms with Crippen molar-refractivity contribution in [1.29, 1.82) is 5.41 Å². The van der Waals surface area contributed by atoms with Gasteiger partial charge < -0.3 is 11.5 Å². The number of azo groups is 1. The van der Waals surface area contributed by atoms with Crippen molar-refractivity contribution in [3.8, 4) is 0 Å².